The molecule has 1 saturated heterocycles. The topological polar surface area (TPSA) is 83.5 Å². The second-order valence-corrected chi connectivity index (χ2v) is 7.37. The Morgan fingerprint density at radius 1 is 1.39 bits per heavy atom. The van der Waals surface area contributed by atoms with Gasteiger partial charge in [-0.15, -0.1) is 0 Å². The molecule has 1 aliphatic heterocycles. The number of rotatable bonds is 3. The van der Waals surface area contributed by atoms with Crippen LogP contribution >= 0.6 is 15.9 Å². The average molecular weight is 334 g/mol. The molecule has 0 amide bonds. The van der Waals surface area contributed by atoms with Gasteiger partial charge in [-0.25, -0.2) is 13.2 Å². The molecular formula is C11H12BrNO4S. The maximum atomic E-state index is 11.5. The van der Waals surface area contributed by atoms with Gasteiger partial charge >= 0.3 is 5.97 Å². The molecule has 1 fully saturated rings. The van der Waals surface area contributed by atoms with E-state index in [1.54, 1.807) is 24.3 Å². The number of anilines is 1. The van der Waals surface area contributed by atoms with Crippen LogP contribution in [0.5, 0.6) is 0 Å². The van der Waals surface area contributed by atoms with Gasteiger partial charge in [0.1, 0.15) is 0 Å². The second-order valence-electron chi connectivity index (χ2n) is 4.33. The van der Waals surface area contributed by atoms with E-state index < -0.39 is 21.3 Å². The molecule has 2 rings (SSSR count). The molecular weight excluding hydrogens is 322 g/mol. The van der Waals surface area contributed by atoms with Gasteiger partial charge in [0, 0.05) is 10.2 Å². The quantitative estimate of drug-likeness (QED) is 0.875. The van der Waals surface area contributed by atoms with Crippen LogP contribution in [-0.2, 0) is 14.6 Å². The molecule has 0 aromatic heterocycles. The Bertz CT molecular complexity index is 586. The Hall–Kier alpha value is -1.08. The fourth-order valence-corrected chi connectivity index (χ4v) is 4.27. The standard InChI is InChI=1S/C11H12BrNO4S/c12-8-3-1-2-4-9(8)13-11(10(14)15)5-6-18(16,17)7-11/h1-4,13H,5-7H2,(H,14,15). The van der Waals surface area contributed by atoms with Gasteiger partial charge in [-0.2, -0.15) is 0 Å². The minimum absolute atomic E-state index is 0.0754. The molecule has 0 aliphatic carbocycles. The molecule has 1 aliphatic rings. The maximum absolute atomic E-state index is 11.5. The van der Waals surface area contributed by atoms with E-state index in [0.717, 1.165) is 0 Å². The minimum atomic E-state index is -3.29. The molecule has 1 atom stereocenters. The highest BCUT2D eigenvalue weighted by atomic mass is 79.9. The summed E-state index contributed by atoms with van der Waals surface area (Å²) in [5.41, 5.74) is -0.847. The van der Waals surface area contributed by atoms with Crippen molar-refractivity contribution in [2.24, 2.45) is 0 Å². The van der Waals surface area contributed by atoms with Crippen LogP contribution in [0.4, 0.5) is 5.69 Å². The van der Waals surface area contributed by atoms with Crippen LogP contribution in [0.2, 0.25) is 0 Å². The molecule has 1 aromatic carbocycles. The van der Waals surface area contributed by atoms with Crippen LogP contribution in [0, 0.1) is 0 Å². The van der Waals surface area contributed by atoms with Crippen molar-refractivity contribution in [3.8, 4) is 0 Å². The van der Waals surface area contributed by atoms with Gasteiger partial charge < -0.3 is 10.4 Å². The normalized spacial score (nSPS) is 25.8. The lowest BCUT2D eigenvalue weighted by Gasteiger charge is -2.25. The average Bonchev–Trinajstić information content (AvgIpc) is 2.59. The van der Waals surface area contributed by atoms with Crippen molar-refractivity contribution in [3.05, 3.63) is 28.7 Å². The summed E-state index contributed by atoms with van der Waals surface area (Å²) >= 11 is 3.30. The molecule has 0 bridgehead atoms. The monoisotopic (exact) mass is 333 g/mol. The van der Waals surface area contributed by atoms with Crippen molar-refractivity contribution in [1.82, 2.24) is 0 Å². The van der Waals surface area contributed by atoms with E-state index in [-0.39, 0.29) is 17.9 Å². The van der Waals surface area contributed by atoms with Crippen LogP contribution in [-0.4, -0.2) is 36.5 Å². The van der Waals surface area contributed by atoms with E-state index in [1.807, 2.05) is 0 Å². The zero-order chi connectivity index (χ0) is 13.4. The number of hydrogen-bond acceptors (Lipinski definition) is 4. The fourth-order valence-electron chi connectivity index (χ4n) is 1.99. The Labute approximate surface area is 113 Å². The van der Waals surface area contributed by atoms with Gasteiger partial charge in [-0.3, -0.25) is 0 Å². The van der Waals surface area contributed by atoms with E-state index in [9.17, 15) is 18.3 Å². The predicted molar refractivity (Wildman–Crippen MR) is 71.4 cm³/mol. The first-order valence-corrected chi connectivity index (χ1v) is 7.93. The summed E-state index contributed by atoms with van der Waals surface area (Å²) in [4.78, 5) is 11.4. The molecule has 1 heterocycles. The zero-order valence-corrected chi connectivity index (χ0v) is 11.8. The van der Waals surface area contributed by atoms with E-state index in [1.165, 1.54) is 0 Å². The van der Waals surface area contributed by atoms with Gasteiger partial charge in [-0.1, -0.05) is 12.1 Å². The summed E-state index contributed by atoms with van der Waals surface area (Å²) in [6.45, 7) is 0. The summed E-state index contributed by atoms with van der Waals surface area (Å²) in [6, 6.07) is 7.03. The lowest BCUT2D eigenvalue weighted by atomic mass is 9.99. The SMILES string of the molecule is O=C(O)C1(Nc2ccccc2Br)CCS(=O)(=O)C1. The first-order valence-electron chi connectivity index (χ1n) is 5.31. The number of carboxylic acids is 1. The molecule has 98 valence electrons. The molecule has 1 aromatic rings. The van der Waals surface area contributed by atoms with Crippen molar-refractivity contribution >= 4 is 37.4 Å². The lowest BCUT2D eigenvalue weighted by Crippen LogP contribution is -2.47. The van der Waals surface area contributed by atoms with E-state index in [4.69, 9.17) is 0 Å². The maximum Gasteiger partial charge on any atom is 0.330 e. The van der Waals surface area contributed by atoms with Crippen LogP contribution in [0.25, 0.3) is 0 Å². The Morgan fingerprint density at radius 3 is 2.56 bits per heavy atom. The van der Waals surface area contributed by atoms with Gasteiger partial charge in [0.05, 0.1) is 11.5 Å². The summed E-state index contributed by atoms with van der Waals surface area (Å²) in [5, 5.41) is 12.2. The molecule has 0 radical (unpaired) electrons. The lowest BCUT2D eigenvalue weighted by molar-refractivity contribution is -0.141. The van der Waals surface area contributed by atoms with Crippen molar-refractivity contribution in [3.63, 3.8) is 0 Å². The van der Waals surface area contributed by atoms with Crippen LogP contribution < -0.4 is 5.32 Å². The number of aliphatic carboxylic acids is 1. The van der Waals surface area contributed by atoms with Gasteiger partial charge in [0.15, 0.2) is 15.4 Å². The third-order valence-electron chi connectivity index (χ3n) is 2.96. The number of nitrogens with one attached hydrogen (secondary N) is 1. The Kier molecular flexibility index (Phi) is 3.37. The summed E-state index contributed by atoms with van der Waals surface area (Å²) in [5.74, 6) is -1.62. The minimum Gasteiger partial charge on any atom is -0.479 e. The number of hydrogen-bond donors (Lipinski definition) is 2. The third-order valence-corrected chi connectivity index (χ3v) is 5.41. The summed E-state index contributed by atoms with van der Waals surface area (Å²) in [7, 11) is -3.29. The van der Waals surface area contributed by atoms with Gasteiger partial charge in [-0.05, 0) is 34.5 Å². The molecule has 18 heavy (non-hydrogen) atoms. The van der Waals surface area contributed by atoms with Crippen LogP contribution in [0.3, 0.4) is 0 Å². The van der Waals surface area contributed by atoms with E-state index in [0.29, 0.717) is 10.2 Å². The first kappa shape index (κ1) is 13.4. The predicted octanol–water partition coefficient (Wildman–Crippen LogP) is 1.50. The van der Waals surface area contributed by atoms with Gasteiger partial charge in [0.25, 0.3) is 0 Å². The van der Waals surface area contributed by atoms with Crippen molar-refractivity contribution in [1.29, 1.82) is 0 Å². The smallest absolute Gasteiger partial charge is 0.330 e. The fraction of sp³-hybridized carbons (Fsp3) is 0.364. The highest BCUT2D eigenvalue weighted by Gasteiger charge is 2.48. The molecule has 2 N–H and O–H groups in total. The van der Waals surface area contributed by atoms with Crippen molar-refractivity contribution in [2.45, 2.75) is 12.0 Å². The second kappa shape index (κ2) is 4.55. The highest BCUT2D eigenvalue weighted by molar-refractivity contribution is 9.10. The number of benzene rings is 1. The molecule has 0 saturated carbocycles. The zero-order valence-electron chi connectivity index (χ0n) is 9.39. The molecule has 5 nitrogen and oxygen atoms in total. The van der Waals surface area contributed by atoms with Crippen LogP contribution in [0.1, 0.15) is 6.42 Å². The highest BCUT2D eigenvalue weighted by Crippen LogP contribution is 2.31. The number of carbonyl (C=O) groups is 1. The third kappa shape index (κ3) is 2.51. The van der Waals surface area contributed by atoms with Crippen LogP contribution in [0.15, 0.2) is 28.7 Å². The van der Waals surface area contributed by atoms with E-state index in [2.05, 4.69) is 21.2 Å². The van der Waals surface area contributed by atoms with Crippen molar-refractivity contribution < 1.29 is 18.3 Å². The molecule has 0 spiro atoms. The summed E-state index contributed by atoms with van der Waals surface area (Å²) in [6.07, 6.45) is 0.0754. The van der Waals surface area contributed by atoms with E-state index >= 15 is 0 Å². The molecule has 1 unspecified atom stereocenters. The Balaban J connectivity index is 2.35. The number of carboxylic acid groups (broad SMARTS) is 1. The first-order chi connectivity index (χ1) is 8.35. The number of para-hydroxylation sites is 1. The number of sulfone groups is 1. The van der Waals surface area contributed by atoms with Crippen molar-refractivity contribution in [2.75, 3.05) is 16.8 Å². The summed E-state index contributed by atoms with van der Waals surface area (Å²) < 4.78 is 23.7. The van der Waals surface area contributed by atoms with Gasteiger partial charge in [0.2, 0.25) is 0 Å². The largest absolute Gasteiger partial charge is 0.479 e. The number of halogens is 1. The molecule has 7 heteroatoms. The Morgan fingerprint density at radius 2 is 2.06 bits per heavy atom.